The third kappa shape index (κ3) is 3.19. The van der Waals surface area contributed by atoms with Crippen molar-refractivity contribution in [3.63, 3.8) is 0 Å². The van der Waals surface area contributed by atoms with Crippen LogP contribution in [0.25, 0.3) is 11.3 Å². The minimum absolute atomic E-state index is 0.406. The fourth-order valence-corrected chi connectivity index (χ4v) is 4.09. The second-order valence-corrected chi connectivity index (χ2v) is 7.12. The van der Waals surface area contributed by atoms with Gasteiger partial charge in [-0.3, -0.25) is 4.79 Å². The number of nitrogens with zero attached hydrogens (tertiary/aromatic N) is 1. The number of anilines is 1. The molecule has 4 rings (SSSR count). The van der Waals surface area contributed by atoms with Crippen LogP contribution in [0, 0.1) is 0 Å². The van der Waals surface area contributed by atoms with Crippen molar-refractivity contribution < 1.29 is 15.0 Å². The van der Waals surface area contributed by atoms with E-state index in [0.717, 1.165) is 62.3 Å². The van der Waals surface area contributed by atoms with Crippen LogP contribution in [0.3, 0.4) is 0 Å². The molecule has 1 aromatic heterocycles. The molecular formula is C20H23N3O4. The van der Waals surface area contributed by atoms with E-state index >= 15 is 0 Å². The van der Waals surface area contributed by atoms with E-state index in [4.69, 9.17) is 0 Å². The molecule has 1 saturated heterocycles. The molecule has 2 aromatic rings. The summed E-state index contributed by atoms with van der Waals surface area (Å²) in [6.45, 7) is 3.94. The molecule has 142 valence electrons. The number of aromatic hydroxyl groups is 1. The summed E-state index contributed by atoms with van der Waals surface area (Å²) in [6.07, 6.45) is 3.21. The number of carboxylic acids is 1. The van der Waals surface area contributed by atoms with Crippen molar-refractivity contribution >= 4 is 11.7 Å². The SMILES string of the molecule is O=C(O)c1c(O)c2c([nH]c1=O)-c1ccc(N3CCCNCC3)cc1CCC2. The van der Waals surface area contributed by atoms with E-state index in [2.05, 4.69) is 21.3 Å². The van der Waals surface area contributed by atoms with Crippen molar-refractivity contribution in [2.75, 3.05) is 31.1 Å². The third-order valence-electron chi connectivity index (χ3n) is 5.44. The first-order valence-electron chi connectivity index (χ1n) is 9.36. The van der Waals surface area contributed by atoms with Gasteiger partial charge in [0.2, 0.25) is 0 Å². The topological polar surface area (TPSA) is 106 Å². The van der Waals surface area contributed by atoms with Crippen molar-refractivity contribution in [2.45, 2.75) is 25.7 Å². The zero-order valence-electron chi connectivity index (χ0n) is 15.0. The molecular weight excluding hydrogens is 346 g/mol. The van der Waals surface area contributed by atoms with E-state index < -0.39 is 22.8 Å². The lowest BCUT2D eigenvalue weighted by Crippen LogP contribution is -2.27. The summed E-state index contributed by atoms with van der Waals surface area (Å²) in [7, 11) is 0. The number of H-pyrrole nitrogens is 1. The van der Waals surface area contributed by atoms with Crippen LogP contribution >= 0.6 is 0 Å². The Morgan fingerprint density at radius 2 is 1.96 bits per heavy atom. The van der Waals surface area contributed by atoms with Gasteiger partial charge in [-0.1, -0.05) is 6.07 Å². The minimum atomic E-state index is -1.41. The van der Waals surface area contributed by atoms with Gasteiger partial charge in [0, 0.05) is 36.4 Å². The Hall–Kier alpha value is -2.80. The lowest BCUT2D eigenvalue weighted by Gasteiger charge is -2.24. The molecule has 7 nitrogen and oxygen atoms in total. The molecule has 7 heteroatoms. The first kappa shape index (κ1) is 17.6. The van der Waals surface area contributed by atoms with E-state index in [0.29, 0.717) is 17.7 Å². The van der Waals surface area contributed by atoms with Crippen LogP contribution in [0.15, 0.2) is 23.0 Å². The highest BCUT2D eigenvalue weighted by atomic mass is 16.4. The molecule has 1 aromatic carbocycles. The smallest absolute Gasteiger partial charge is 0.345 e. The van der Waals surface area contributed by atoms with Gasteiger partial charge >= 0.3 is 5.97 Å². The van der Waals surface area contributed by atoms with Crippen LogP contribution in [0.1, 0.15) is 34.3 Å². The largest absolute Gasteiger partial charge is 0.506 e. The first-order valence-corrected chi connectivity index (χ1v) is 9.36. The lowest BCUT2D eigenvalue weighted by molar-refractivity contribution is 0.0691. The number of carbonyl (C=O) groups is 1. The van der Waals surface area contributed by atoms with Gasteiger partial charge in [-0.05, 0) is 49.9 Å². The average Bonchev–Trinajstić information content (AvgIpc) is 3.00. The summed E-state index contributed by atoms with van der Waals surface area (Å²) >= 11 is 0. The van der Waals surface area contributed by atoms with Crippen molar-refractivity contribution in [1.29, 1.82) is 0 Å². The Labute approximate surface area is 156 Å². The monoisotopic (exact) mass is 369 g/mol. The summed E-state index contributed by atoms with van der Waals surface area (Å²) in [5, 5.41) is 23.0. The van der Waals surface area contributed by atoms with Crippen LogP contribution in [0.2, 0.25) is 0 Å². The Morgan fingerprint density at radius 1 is 1.11 bits per heavy atom. The molecule has 0 amide bonds. The molecule has 2 aliphatic rings. The number of pyridine rings is 1. The Kier molecular flexibility index (Phi) is 4.61. The molecule has 0 bridgehead atoms. The standard InChI is InChI=1S/C20H23N3O4/c24-18-15-4-1-3-12-11-13(23-9-2-7-21-8-10-23)5-6-14(12)17(15)22-19(25)16(18)20(26)27/h5-6,11,21H,1-4,7-10H2,(H,26,27)(H2,22,24,25). The van der Waals surface area contributed by atoms with Crippen molar-refractivity contribution in [2.24, 2.45) is 0 Å². The maximum absolute atomic E-state index is 12.2. The van der Waals surface area contributed by atoms with Crippen molar-refractivity contribution in [1.82, 2.24) is 10.3 Å². The van der Waals surface area contributed by atoms with E-state index in [9.17, 15) is 19.8 Å². The maximum Gasteiger partial charge on any atom is 0.345 e. The van der Waals surface area contributed by atoms with Gasteiger partial charge in [0.25, 0.3) is 5.56 Å². The fraction of sp³-hybridized carbons (Fsp3) is 0.400. The van der Waals surface area contributed by atoms with E-state index in [1.54, 1.807) is 0 Å². The Bertz CT molecular complexity index is 943. The Morgan fingerprint density at radius 3 is 2.78 bits per heavy atom. The quantitative estimate of drug-likeness (QED) is 0.643. The van der Waals surface area contributed by atoms with Crippen molar-refractivity contribution in [3.8, 4) is 17.0 Å². The van der Waals surface area contributed by atoms with Crippen molar-refractivity contribution in [3.05, 3.63) is 45.2 Å². The number of aryl methyl sites for hydroxylation is 1. The fourth-order valence-electron chi connectivity index (χ4n) is 4.09. The molecule has 1 fully saturated rings. The summed E-state index contributed by atoms with van der Waals surface area (Å²) in [5.74, 6) is -1.82. The lowest BCUT2D eigenvalue weighted by atomic mass is 9.99. The summed E-state index contributed by atoms with van der Waals surface area (Å²) < 4.78 is 0. The van der Waals surface area contributed by atoms with E-state index in [1.165, 1.54) is 0 Å². The number of nitrogens with one attached hydrogen (secondary N) is 2. The number of aromatic amines is 1. The highest BCUT2D eigenvalue weighted by Gasteiger charge is 2.25. The second kappa shape index (κ2) is 7.08. The first-order chi connectivity index (χ1) is 13.1. The highest BCUT2D eigenvalue weighted by Crippen LogP contribution is 2.37. The number of benzene rings is 1. The Balaban J connectivity index is 1.80. The molecule has 2 heterocycles. The summed E-state index contributed by atoms with van der Waals surface area (Å²) in [5.41, 5.74) is 2.84. The maximum atomic E-state index is 12.2. The minimum Gasteiger partial charge on any atom is -0.506 e. The molecule has 0 unspecified atom stereocenters. The molecule has 0 radical (unpaired) electrons. The number of hydrogen-bond donors (Lipinski definition) is 4. The predicted molar refractivity (Wildman–Crippen MR) is 103 cm³/mol. The van der Waals surface area contributed by atoms with Gasteiger partial charge in [-0.25, -0.2) is 4.79 Å². The molecule has 4 N–H and O–H groups in total. The van der Waals surface area contributed by atoms with Gasteiger partial charge in [0.05, 0.1) is 5.69 Å². The molecule has 27 heavy (non-hydrogen) atoms. The number of aromatic nitrogens is 1. The predicted octanol–water partition coefficient (Wildman–Crippen LogP) is 1.73. The van der Waals surface area contributed by atoms with Gasteiger partial charge < -0.3 is 25.4 Å². The van der Waals surface area contributed by atoms with Gasteiger partial charge in [-0.2, -0.15) is 0 Å². The van der Waals surface area contributed by atoms with E-state index in [1.807, 2.05) is 12.1 Å². The van der Waals surface area contributed by atoms with E-state index in [-0.39, 0.29) is 0 Å². The summed E-state index contributed by atoms with van der Waals surface area (Å²) in [4.78, 5) is 28.6. The normalized spacial score (nSPS) is 16.8. The van der Waals surface area contributed by atoms with Crippen LogP contribution in [-0.2, 0) is 12.8 Å². The highest BCUT2D eigenvalue weighted by molar-refractivity contribution is 5.92. The molecule has 0 spiro atoms. The number of rotatable bonds is 2. The zero-order valence-corrected chi connectivity index (χ0v) is 15.0. The number of hydrogen-bond acceptors (Lipinski definition) is 5. The molecule has 0 saturated carbocycles. The molecule has 1 aliphatic carbocycles. The second-order valence-electron chi connectivity index (χ2n) is 7.12. The van der Waals surface area contributed by atoms with Gasteiger partial charge in [0.1, 0.15) is 5.75 Å². The van der Waals surface area contributed by atoms with Crippen LogP contribution in [0.4, 0.5) is 5.69 Å². The molecule has 0 atom stereocenters. The summed E-state index contributed by atoms with van der Waals surface area (Å²) in [6, 6.07) is 6.18. The zero-order chi connectivity index (χ0) is 19.0. The van der Waals surface area contributed by atoms with Crippen LogP contribution in [-0.4, -0.2) is 47.3 Å². The molecule has 1 aliphatic heterocycles. The van der Waals surface area contributed by atoms with Crippen LogP contribution in [0.5, 0.6) is 5.75 Å². The average molecular weight is 369 g/mol. The number of fused-ring (bicyclic) bond motifs is 3. The van der Waals surface area contributed by atoms with Gasteiger partial charge in [0.15, 0.2) is 5.56 Å². The van der Waals surface area contributed by atoms with Crippen LogP contribution < -0.4 is 15.8 Å². The number of aromatic carboxylic acids is 1. The van der Waals surface area contributed by atoms with Gasteiger partial charge in [-0.15, -0.1) is 0 Å². The third-order valence-corrected chi connectivity index (χ3v) is 5.44. The number of carboxylic acid groups (broad SMARTS) is 1.